The summed E-state index contributed by atoms with van der Waals surface area (Å²) in [5.41, 5.74) is 3.70. The quantitative estimate of drug-likeness (QED) is 0.558. The van der Waals surface area contributed by atoms with E-state index >= 15 is 0 Å². The molecule has 1 N–H and O–H groups in total. The van der Waals surface area contributed by atoms with Crippen LogP contribution >= 0.6 is 11.6 Å². The first-order chi connectivity index (χ1) is 16.3. The number of morpholine rings is 1. The van der Waals surface area contributed by atoms with Crippen molar-refractivity contribution in [2.24, 2.45) is 0 Å². The predicted molar refractivity (Wildman–Crippen MR) is 133 cm³/mol. The third-order valence-electron chi connectivity index (χ3n) is 5.88. The molecule has 7 nitrogen and oxygen atoms in total. The van der Waals surface area contributed by atoms with Crippen LogP contribution in [0.15, 0.2) is 48.8 Å². The molecule has 0 spiro atoms. The van der Waals surface area contributed by atoms with Crippen molar-refractivity contribution in [2.45, 2.75) is 26.2 Å². The number of rotatable bonds is 5. The Kier molecular flexibility index (Phi) is 6.82. The fourth-order valence-electron chi connectivity index (χ4n) is 3.77. The largest absolute Gasteiger partial charge is 0.378 e. The van der Waals surface area contributed by atoms with Gasteiger partial charge < -0.3 is 15.0 Å². The lowest BCUT2D eigenvalue weighted by atomic mass is 9.90. The zero-order valence-electron chi connectivity index (χ0n) is 19.4. The van der Waals surface area contributed by atoms with Crippen molar-refractivity contribution in [3.05, 3.63) is 70.6 Å². The Morgan fingerprint density at radius 3 is 2.65 bits per heavy atom. The monoisotopic (exact) mass is 475 g/mol. The molecule has 1 amide bonds. The van der Waals surface area contributed by atoms with E-state index in [-0.39, 0.29) is 5.91 Å². The molecule has 0 bridgehead atoms. The summed E-state index contributed by atoms with van der Waals surface area (Å²) in [4.78, 5) is 23.9. The second-order valence-electron chi connectivity index (χ2n) is 8.78. The van der Waals surface area contributed by atoms with Crippen LogP contribution in [0.4, 0.5) is 11.5 Å². The second-order valence-corrected chi connectivity index (χ2v) is 9.19. The van der Waals surface area contributed by atoms with Gasteiger partial charge in [0, 0.05) is 42.3 Å². The Morgan fingerprint density at radius 2 is 1.94 bits per heavy atom. The molecule has 1 aliphatic rings. The summed E-state index contributed by atoms with van der Waals surface area (Å²) in [5, 5.41) is 12.9. The number of benzene rings is 1. The van der Waals surface area contributed by atoms with Crippen LogP contribution in [-0.2, 0) is 10.2 Å². The fourth-order valence-corrected chi connectivity index (χ4v) is 4.06. The molecule has 1 aliphatic heterocycles. The second kappa shape index (κ2) is 9.80. The van der Waals surface area contributed by atoms with E-state index < -0.39 is 5.41 Å². The van der Waals surface area contributed by atoms with E-state index in [9.17, 15) is 10.1 Å². The molecule has 34 heavy (non-hydrogen) atoms. The van der Waals surface area contributed by atoms with Gasteiger partial charge in [0.1, 0.15) is 5.82 Å². The smallest absolute Gasteiger partial charge is 0.255 e. The lowest BCUT2D eigenvalue weighted by Crippen LogP contribution is -2.36. The molecule has 8 heteroatoms. The standard InChI is InChI=1S/C26H26ClN5O2/c1-17-4-5-20(31-25(33)18-6-7-29-23(13-18)26(2,3)16-28)14-21(17)19-12-22(27)24(30-15-19)32-8-10-34-11-9-32/h4-7,12-15H,8-11H2,1-3H3,(H,31,33). The molecule has 1 aromatic carbocycles. The molecule has 1 fully saturated rings. The minimum atomic E-state index is -0.785. The molecule has 2 aromatic heterocycles. The molecule has 4 rings (SSSR count). The van der Waals surface area contributed by atoms with Crippen molar-refractivity contribution in [3.63, 3.8) is 0 Å². The van der Waals surface area contributed by atoms with Crippen LogP contribution in [0.1, 0.15) is 35.5 Å². The van der Waals surface area contributed by atoms with E-state index in [1.807, 2.05) is 37.4 Å². The fraction of sp³-hybridized carbons (Fsp3) is 0.308. The predicted octanol–water partition coefficient (Wildman–Crippen LogP) is 5.00. The number of aryl methyl sites for hydroxylation is 1. The van der Waals surface area contributed by atoms with Crippen LogP contribution in [0.3, 0.4) is 0 Å². The molecular formula is C26H26ClN5O2. The van der Waals surface area contributed by atoms with Crippen LogP contribution in [0.25, 0.3) is 11.1 Å². The number of nitriles is 1. The summed E-state index contributed by atoms with van der Waals surface area (Å²) < 4.78 is 5.41. The minimum absolute atomic E-state index is 0.272. The summed E-state index contributed by atoms with van der Waals surface area (Å²) in [7, 11) is 0. The average molecular weight is 476 g/mol. The molecule has 0 unspecified atom stereocenters. The van der Waals surface area contributed by atoms with E-state index in [1.165, 1.54) is 0 Å². The van der Waals surface area contributed by atoms with Crippen molar-refractivity contribution in [1.82, 2.24) is 9.97 Å². The van der Waals surface area contributed by atoms with Crippen LogP contribution in [-0.4, -0.2) is 42.2 Å². The Labute approximate surface area is 204 Å². The zero-order valence-corrected chi connectivity index (χ0v) is 20.2. The summed E-state index contributed by atoms with van der Waals surface area (Å²) in [5.74, 6) is 0.482. The lowest BCUT2D eigenvalue weighted by molar-refractivity contribution is 0.102. The highest BCUT2D eigenvalue weighted by molar-refractivity contribution is 6.33. The van der Waals surface area contributed by atoms with Gasteiger partial charge in [-0.25, -0.2) is 4.98 Å². The maximum atomic E-state index is 12.9. The topological polar surface area (TPSA) is 91.1 Å². The third kappa shape index (κ3) is 5.04. The van der Waals surface area contributed by atoms with Gasteiger partial charge in [-0.2, -0.15) is 5.26 Å². The van der Waals surface area contributed by atoms with Crippen molar-refractivity contribution < 1.29 is 9.53 Å². The van der Waals surface area contributed by atoms with E-state index in [2.05, 4.69) is 26.3 Å². The molecule has 0 aliphatic carbocycles. The summed E-state index contributed by atoms with van der Waals surface area (Å²) in [6.07, 6.45) is 3.36. The van der Waals surface area contributed by atoms with Crippen LogP contribution in [0, 0.1) is 18.3 Å². The average Bonchev–Trinajstić information content (AvgIpc) is 2.85. The highest BCUT2D eigenvalue weighted by Crippen LogP contribution is 2.32. The number of hydrogen-bond acceptors (Lipinski definition) is 6. The molecule has 0 saturated carbocycles. The number of nitrogens with one attached hydrogen (secondary N) is 1. The van der Waals surface area contributed by atoms with Gasteiger partial charge in [0.25, 0.3) is 5.91 Å². The van der Waals surface area contributed by atoms with Gasteiger partial charge in [-0.05, 0) is 62.2 Å². The number of amides is 1. The maximum Gasteiger partial charge on any atom is 0.255 e. The van der Waals surface area contributed by atoms with Gasteiger partial charge in [-0.15, -0.1) is 0 Å². The first-order valence-corrected chi connectivity index (χ1v) is 11.4. The molecule has 0 atom stereocenters. The van der Waals surface area contributed by atoms with Gasteiger partial charge in [0.05, 0.1) is 35.4 Å². The van der Waals surface area contributed by atoms with Crippen molar-refractivity contribution in [1.29, 1.82) is 5.26 Å². The number of pyridine rings is 2. The Balaban J connectivity index is 1.57. The number of nitrogens with zero attached hydrogens (tertiary/aromatic N) is 4. The molecule has 174 valence electrons. The van der Waals surface area contributed by atoms with E-state index in [1.54, 1.807) is 32.2 Å². The third-order valence-corrected chi connectivity index (χ3v) is 6.16. The highest BCUT2D eigenvalue weighted by atomic mass is 35.5. The zero-order chi connectivity index (χ0) is 24.3. The van der Waals surface area contributed by atoms with E-state index in [0.29, 0.717) is 35.2 Å². The number of anilines is 2. The van der Waals surface area contributed by atoms with Gasteiger partial charge in [-0.3, -0.25) is 9.78 Å². The number of hydrogen-bond donors (Lipinski definition) is 1. The summed E-state index contributed by atoms with van der Waals surface area (Å²) in [6, 6.07) is 13.1. The van der Waals surface area contributed by atoms with Gasteiger partial charge in [0.2, 0.25) is 0 Å². The minimum Gasteiger partial charge on any atom is -0.378 e. The Bertz CT molecular complexity index is 1260. The maximum absolute atomic E-state index is 12.9. The number of carbonyl (C=O) groups is 1. The molecule has 1 saturated heterocycles. The molecule has 3 heterocycles. The van der Waals surface area contributed by atoms with Crippen molar-refractivity contribution in [3.8, 4) is 17.2 Å². The van der Waals surface area contributed by atoms with Gasteiger partial charge in [0.15, 0.2) is 0 Å². The Hall–Kier alpha value is -3.47. The van der Waals surface area contributed by atoms with Crippen LogP contribution < -0.4 is 10.2 Å². The lowest BCUT2D eigenvalue weighted by Gasteiger charge is -2.28. The number of carbonyl (C=O) groups excluding carboxylic acids is 1. The summed E-state index contributed by atoms with van der Waals surface area (Å²) in [6.45, 7) is 8.38. The van der Waals surface area contributed by atoms with E-state index in [4.69, 9.17) is 16.3 Å². The number of aromatic nitrogens is 2. The van der Waals surface area contributed by atoms with E-state index in [0.717, 1.165) is 35.6 Å². The normalized spacial score (nSPS) is 13.9. The highest BCUT2D eigenvalue weighted by Gasteiger charge is 2.23. The van der Waals surface area contributed by atoms with Crippen LogP contribution in [0.2, 0.25) is 5.02 Å². The van der Waals surface area contributed by atoms with Crippen molar-refractivity contribution >= 4 is 29.0 Å². The molecule has 3 aromatic rings. The summed E-state index contributed by atoms with van der Waals surface area (Å²) >= 11 is 6.59. The van der Waals surface area contributed by atoms with Crippen molar-refractivity contribution in [2.75, 3.05) is 36.5 Å². The number of halogens is 1. The first-order valence-electron chi connectivity index (χ1n) is 11.1. The first kappa shape index (κ1) is 23.7. The van der Waals surface area contributed by atoms with Gasteiger partial charge in [-0.1, -0.05) is 17.7 Å². The van der Waals surface area contributed by atoms with Crippen LogP contribution in [0.5, 0.6) is 0 Å². The number of ether oxygens (including phenoxy) is 1. The molecular weight excluding hydrogens is 450 g/mol. The Morgan fingerprint density at radius 1 is 1.18 bits per heavy atom. The SMILES string of the molecule is Cc1ccc(NC(=O)c2ccnc(C(C)(C)C#N)c2)cc1-c1cnc(N2CCOCC2)c(Cl)c1. The van der Waals surface area contributed by atoms with Gasteiger partial charge >= 0.3 is 0 Å². The molecule has 0 radical (unpaired) electrons.